The van der Waals surface area contributed by atoms with Gasteiger partial charge in [-0.25, -0.2) is 0 Å². The van der Waals surface area contributed by atoms with Crippen LogP contribution in [0.25, 0.3) is 0 Å². The number of hydrogen-bond acceptors (Lipinski definition) is 6. The molecule has 7 nitrogen and oxygen atoms in total. The van der Waals surface area contributed by atoms with E-state index in [1.807, 2.05) is 42.5 Å². The number of esters is 1. The molecule has 6 rings (SSSR count). The van der Waals surface area contributed by atoms with Crippen LogP contribution in [0.5, 0.6) is 5.75 Å². The summed E-state index contributed by atoms with van der Waals surface area (Å²) in [5.41, 5.74) is -1.54. The van der Waals surface area contributed by atoms with Crippen LogP contribution in [0, 0.1) is 16.0 Å². The van der Waals surface area contributed by atoms with Crippen molar-refractivity contribution in [3.05, 3.63) is 75.8 Å². The van der Waals surface area contributed by atoms with Crippen molar-refractivity contribution in [2.45, 2.75) is 48.8 Å². The van der Waals surface area contributed by atoms with Crippen molar-refractivity contribution in [1.29, 1.82) is 0 Å². The molecule has 0 radical (unpaired) electrons. The van der Waals surface area contributed by atoms with Crippen LogP contribution in [0.3, 0.4) is 0 Å². The van der Waals surface area contributed by atoms with E-state index in [1.54, 1.807) is 19.1 Å². The number of carbonyl (C=O) groups excluding carboxylic acids is 1. The van der Waals surface area contributed by atoms with Gasteiger partial charge < -0.3 is 14.6 Å². The molecular weight excluding hydrogens is 386 g/mol. The third kappa shape index (κ3) is 2.32. The van der Waals surface area contributed by atoms with Crippen molar-refractivity contribution in [3.8, 4) is 5.75 Å². The third-order valence-corrected chi connectivity index (χ3v) is 7.18. The van der Waals surface area contributed by atoms with Gasteiger partial charge in [-0.3, -0.25) is 14.9 Å². The standard InChI is InChI=1S/C23H23NO6/c1-2-29-21(25)19-20-23(24(27)28)16(14-8-4-3-5-9-14)12-22(19,26)13-17(23)15-10-6-7-11-18(15)30-20/h3-11,16-17,19-20,26H,2,12-13H2,1H3/t16-,17-,19+,20-,22-,23+/m0/s1. The summed E-state index contributed by atoms with van der Waals surface area (Å²) in [5.74, 6) is -2.39. The Bertz CT molecular complexity index is 1010. The Labute approximate surface area is 173 Å². The summed E-state index contributed by atoms with van der Waals surface area (Å²) in [5, 5.41) is 24.6. The van der Waals surface area contributed by atoms with Gasteiger partial charge in [0.2, 0.25) is 0 Å². The van der Waals surface area contributed by atoms with Crippen LogP contribution in [0.2, 0.25) is 0 Å². The van der Waals surface area contributed by atoms with E-state index in [0.717, 1.165) is 5.56 Å². The lowest BCUT2D eigenvalue weighted by Crippen LogP contribution is -2.77. The van der Waals surface area contributed by atoms with Gasteiger partial charge in [-0.2, -0.15) is 0 Å². The van der Waals surface area contributed by atoms with E-state index >= 15 is 0 Å². The van der Waals surface area contributed by atoms with Gasteiger partial charge >= 0.3 is 5.97 Å². The molecule has 2 aromatic rings. The number of para-hydroxylation sites is 1. The van der Waals surface area contributed by atoms with Crippen molar-refractivity contribution >= 4 is 5.97 Å². The Morgan fingerprint density at radius 1 is 1.17 bits per heavy atom. The maximum atomic E-state index is 12.9. The van der Waals surface area contributed by atoms with Crippen molar-refractivity contribution < 1.29 is 24.3 Å². The number of aliphatic hydroxyl groups is 1. The molecule has 1 N–H and O–H groups in total. The van der Waals surface area contributed by atoms with E-state index < -0.39 is 41.0 Å². The van der Waals surface area contributed by atoms with Crippen LogP contribution in [0.1, 0.15) is 42.7 Å². The van der Waals surface area contributed by atoms with E-state index in [-0.39, 0.29) is 24.4 Å². The van der Waals surface area contributed by atoms with E-state index in [2.05, 4.69) is 0 Å². The summed E-state index contributed by atoms with van der Waals surface area (Å²) in [6.07, 6.45) is -0.887. The molecular formula is C23H23NO6. The van der Waals surface area contributed by atoms with Gasteiger partial charge in [0.05, 0.1) is 24.0 Å². The quantitative estimate of drug-likeness (QED) is 0.473. The molecule has 0 spiro atoms. The molecule has 2 aromatic carbocycles. The van der Waals surface area contributed by atoms with E-state index in [9.17, 15) is 20.0 Å². The van der Waals surface area contributed by atoms with Crippen LogP contribution in [-0.2, 0) is 9.53 Å². The fourth-order valence-electron chi connectivity index (χ4n) is 6.10. The van der Waals surface area contributed by atoms with Gasteiger partial charge in [0.25, 0.3) is 5.54 Å². The van der Waals surface area contributed by atoms with Gasteiger partial charge in [0.1, 0.15) is 11.7 Å². The van der Waals surface area contributed by atoms with E-state index in [0.29, 0.717) is 11.3 Å². The zero-order valence-corrected chi connectivity index (χ0v) is 16.6. The molecule has 1 heterocycles. The minimum atomic E-state index is -1.57. The summed E-state index contributed by atoms with van der Waals surface area (Å²) in [6.45, 7) is 1.81. The second kappa shape index (κ2) is 6.54. The smallest absolute Gasteiger partial charge is 0.315 e. The molecule has 156 valence electrons. The summed E-state index contributed by atoms with van der Waals surface area (Å²) < 4.78 is 11.4. The highest BCUT2D eigenvalue weighted by Gasteiger charge is 2.80. The Morgan fingerprint density at radius 3 is 2.53 bits per heavy atom. The Morgan fingerprint density at radius 2 is 1.83 bits per heavy atom. The van der Waals surface area contributed by atoms with Crippen molar-refractivity contribution in [1.82, 2.24) is 0 Å². The molecule has 30 heavy (non-hydrogen) atoms. The third-order valence-electron chi connectivity index (χ3n) is 7.18. The molecule has 4 bridgehead atoms. The maximum absolute atomic E-state index is 12.9. The molecule has 7 heteroatoms. The Balaban J connectivity index is 1.77. The first-order valence-electron chi connectivity index (χ1n) is 10.3. The lowest BCUT2D eigenvalue weighted by Gasteiger charge is -2.62. The lowest BCUT2D eigenvalue weighted by molar-refractivity contribution is -0.609. The second-order valence-electron chi connectivity index (χ2n) is 8.48. The number of nitrogens with zero attached hydrogens (tertiary/aromatic N) is 1. The number of ether oxygens (including phenoxy) is 2. The first-order valence-corrected chi connectivity index (χ1v) is 10.3. The summed E-state index contributed by atoms with van der Waals surface area (Å²) in [6, 6.07) is 16.4. The van der Waals surface area contributed by atoms with Crippen LogP contribution < -0.4 is 4.74 Å². The van der Waals surface area contributed by atoms with Crippen LogP contribution in [0.4, 0.5) is 0 Å². The average Bonchev–Trinajstić information content (AvgIpc) is 2.73. The predicted molar refractivity (Wildman–Crippen MR) is 107 cm³/mol. The van der Waals surface area contributed by atoms with Crippen molar-refractivity contribution in [2.75, 3.05) is 6.61 Å². The van der Waals surface area contributed by atoms with Crippen molar-refractivity contribution in [3.63, 3.8) is 0 Å². The number of fused-ring (bicyclic) bond motifs is 2. The normalized spacial score (nSPS) is 35.8. The molecule has 6 atom stereocenters. The topological polar surface area (TPSA) is 98.9 Å². The van der Waals surface area contributed by atoms with Crippen LogP contribution in [0.15, 0.2) is 54.6 Å². The molecule has 3 aliphatic carbocycles. The fourth-order valence-corrected chi connectivity index (χ4v) is 6.10. The summed E-state index contributed by atoms with van der Waals surface area (Å²) in [7, 11) is 0. The van der Waals surface area contributed by atoms with Crippen LogP contribution in [-0.4, -0.2) is 39.8 Å². The zero-order chi connectivity index (χ0) is 21.1. The van der Waals surface area contributed by atoms with Gasteiger partial charge in [0, 0.05) is 10.5 Å². The predicted octanol–water partition coefficient (Wildman–Crippen LogP) is 3.05. The van der Waals surface area contributed by atoms with Gasteiger partial charge in [-0.05, 0) is 31.4 Å². The minimum absolute atomic E-state index is 0.111. The molecule has 0 aromatic heterocycles. The summed E-state index contributed by atoms with van der Waals surface area (Å²) >= 11 is 0. The monoisotopic (exact) mass is 409 g/mol. The number of rotatable bonds is 4. The SMILES string of the molecule is CCOC(=O)[C@H]1[C@@H]2Oc3ccccc3[C@@H]3C[C@@]1(O)C[C@@H](c1ccccc1)[C@@]32[N+](=O)[O-]. The molecule has 3 saturated carbocycles. The van der Waals surface area contributed by atoms with Gasteiger partial charge in [0.15, 0.2) is 6.10 Å². The maximum Gasteiger partial charge on any atom is 0.315 e. The molecule has 4 aliphatic rings. The number of nitro groups is 1. The fraction of sp³-hybridized carbons (Fsp3) is 0.435. The molecule has 1 aliphatic heterocycles. The average molecular weight is 409 g/mol. The number of benzene rings is 2. The largest absolute Gasteiger partial charge is 0.482 e. The molecule has 0 unspecified atom stereocenters. The number of hydrogen-bond donors (Lipinski definition) is 1. The van der Waals surface area contributed by atoms with Gasteiger partial charge in [-0.15, -0.1) is 0 Å². The second-order valence-corrected chi connectivity index (χ2v) is 8.48. The highest BCUT2D eigenvalue weighted by molar-refractivity contribution is 5.76. The molecule has 0 saturated heterocycles. The highest BCUT2D eigenvalue weighted by atomic mass is 16.6. The van der Waals surface area contributed by atoms with E-state index in [1.165, 1.54) is 0 Å². The highest BCUT2D eigenvalue weighted by Crippen LogP contribution is 2.67. The first kappa shape index (κ1) is 19.1. The zero-order valence-electron chi connectivity index (χ0n) is 16.6. The van der Waals surface area contributed by atoms with E-state index in [4.69, 9.17) is 9.47 Å². The molecule has 0 amide bonds. The van der Waals surface area contributed by atoms with Crippen LogP contribution >= 0.6 is 0 Å². The Kier molecular flexibility index (Phi) is 4.15. The first-order chi connectivity index (χ1) is 14.4. The van der Waals surface area contributed by atoms with Crippen molar-refractivity contribution in [2.24, 2.45) is 5.92 Å². The minimum Gasteiger partial charge on any atom is -0.482 e. The molecule has 3 fully saturated rings. The van der Waals surface area contributed by atoms with Gasteiger partial charge in [-0.1, -0.05) is 48.5 Å². The lowest BCUT2D eigenvalue weighted by atomic mass is 9.45. The Hall–Kier alpha value is -2.93. The number of carbonyl (C=O) groups is 1. The summed E-state index contributed by atoms with van der Waals surface area (Å²) in [4.78, 5) is 25.5.